The van der Waals surface area contributed by atoms with Crippen molar-refractivity contribution in [2.75, 3.05) is 25.3 Å². The zero-order valence-corrected chi connectivity index (χ0v) is 21.9. The Balaban J connectivity index is 1.70. The van der Waals surface area contributed by atoms with E-state index in [0.29, 0.717) is 30.0 Å². The molecule has 1 saturated carbocycles. The Morgan fingerprint density at radius 3 is 2.40 bits per heavy atom. The van der Waals surface area contributed by atoms with Crippen molar-refractivity contribution >= 4 is 35.0 Å². The fourth-order valence-corrected chi connectivity index (χ4v) is 4.59. The Hall–Kier alpha value is -2.88. The number of hydrogen-bond donors (Lipinski definition) is 2. The highest BCUT2D eigenvalue weighted by molar-refractivity contribution is 7.98. The van der Waals surface area contributed by atoms with Gasteiger partial charge in [-0.1, -0.05) is 38.5 Å². The molecule has 3 atom stereocenters. The summed E-state index contributed by atoms with van der Waals surface area (Å²) < 4.78 is 5.41. The highest BCUT2D eigenvalue weighted by Gasteiger charge is 2.35. The fourth-order valence-electron chi connectivity index (χ4n) is 4.30. The molecule has 0 spiro atoms. The monoisotopic (exact) mass is 501 g/mol. The lowest BCUT2D eigenvalue weighted by Gasteiger charge is -2.32. The van der Waals surface area contributed by atoms with E-state index < -0.39 is 17.7 Å². The molecule has 2 aromatic rings. The van der Waals surface area contributed by atoms with Crippen molar-refractivity contribution in [3.05, 3.63) is 35.7 Å². The molecule has 2 N–H and O–H groups in total. The summed E-state index contributed by atoms with van der Waals surface area (Å²) in [6.07, 6.45) is 5.42. The first kappa shape index (κ1) is 26.7. The van der Waals surface area contributed by atoms with Gasteiger partial charge in [0.1, 0.15) is 0 Å². The molecule has 1 aliphatic rings. The number of carbonyl (C=O) groups excluding carboxylic acids is 3. The molecular weight excluding hydrogens is 466 g/mol. The Kier molecular flexibility index (Phi) is 9.31. The molecule has 0 unspecified atom stereocenters. The number of nitrogens with zero attached hydrogens (tertiary/aromatic N) is 3. The van der Waals surface area contributed by atoms with Gasteiger partial charge >= 0.3 is 0 Å². The second-order valence-corrected chi connectivity index (χ2v) is 10.3. The average molecular weight is 502 g/mol. The van der Waals surface area contributed by atoms with Crippen LogP contribution < -0.4 is 15.5 Å². The van der Waals surface area contributed by atoms with Crippen LogP contribution in [0.1, 0.15) is 67.0 Å². The van der Waals surface area contributed by atoms with Gasteiger partial charge in [-0.2, -0.15) is 0 Å². The molecular formula is C25H35N5O4S. The smallest absolute Gasteiger partial charge is 0.286 e. The van der Waals surface area contributed by atoms with Gasteiger partial charge in [0, 0.05) is 31.4 Å². The summed E-state index contributed by atoms with van der Waals surface area (Å²) in [7, 11) is 3.88. The topological polar surface area (TPSA) is 117 Å². The van der Waals surface area contributed by atoms with E-state index in [-0.39, 0.29) is 29.7 Å². The van der Waals surface area contributed by atoms with Crippen molar-refractivity contribution in [2.45, 2.75) is 63.3 Å². The number of amides is 2. The van der Waals surface area contributed by atoms with Crippen LogP contribution in [0.4, 0.5) is 5.69 Å². The van der Waals surface area contributed by atoms with Crippen LogP contribution in [-0.4, -0.2) is 60.2 Å². The molecule has 9 nitrogen and oxygen atoms in total. The molecule has 3 rings (SSSR count). The molecule has 1 aromatic heterocycles. The number of benzene rings is 1. The summed E-state index contributed by atoms with van der Waals surface area (Å²) in [5.41, 5.74) is 1.55. The molecule has 2 amide bonds. The van der Waals surface area contributed by atoms with E-state index in [2.05, 4.69) is 20.8 Å². The van der Waals surface area contributed by atoms with Gasteiger partial charge in [-0.15, -0.1) is 10.2 Å². The van der Waals surface area contributed by atoms with E-state index in [0.717, 1.165) is 18.5 Å². The van der Waals surface area contributed by atoms with Gasteiger partial charge in [-0.05, 0) is 55.7 Å². The minimum Gasteiger partial charge on any atom is -0.408 e. The summed E-state index contributed by atoms with van der Waals surface area (Å²) in [5.74, 6) is -1.18. The van der Waals surface area contributed by atoms with Gasteiger partial charge in [-0.3, -0.25) is 14.4 Å². The Labute approximate surface area is 210 Å². The molecule has 1 aliphatic carbocycles. The molecule has 0 bridgehead atoms. The number of ketones is 1. The Morgan fingerprint density at radius 1 is 1.11 bits per heavy atom. The van der Waals surface area contributed by atoms with Crippen LogP contribution in [0.5, 0.6) is 0 Å². The largest absolute Gasteiger partial charge is 0.408 e. The van der Waals surface area contributed by atoms with E-state index in [1.165, 1.54) is 11.8 Å². The second-order valence-electron chi connectivity index (χ2n) is 9.54. The average Bonchev–Trinajstić information content (AvgIpc) is 3.32. The maximum absolute atomic E-state index is 13.3. The van der Waals surface area contributed by atoms with Gasteiger partial charge < -0.3 is 20.0 Å². The van der Waals surface area contributed by atoms with Crippen molar-refractivity contribution in [3.63, 3.8) is 0 Å². The fraction of sp³-hybridized carbons (Fsp3) is 0.560. The molecule has 10 heteroatoms. The molecule has 0 saturated heterocycles. The number of hydrogen-bond acceptors (Lipinski definition) is 8. The minimum absolute atomic E-state index is 0.102. The highest BCUT2D eigenvalue weighted by Crippen LogP contribution is 2.26. The lowest BCUT2D eigenvalue weighted by molar-refractivity contribution is -0.127. The molecule has 1 heterocycles. The Morgan fingerprint density at radius 2 is 1.80 bits per heavy atom. The summed E-state index contributed by atoms with van der Waals surface area (Å²) in [6, 6.07) is 6.28. The molecule has 190 valence electrons. The van der Waals surface area contributed by atoms with Gasteiger partial charge in [0.2, 0.25) is 11.7 Å². The first-order valence-corrected chi connectivity index (χ1v) is 13.2. The van der Waals surface area contributed by atoms with Crippen molar-refractivity contribution < 1.29 is 18.8 Å². The number of aromatic nitrogens is 2. The number of nitrogens with one attached hydrogen (secondary N) is 2. The van der Waals surface area contributed by atoms with Crippen LogP contribution in [0, 0.1) is 11.8 Å². The van der Waals surface area contributed by atoms with Crippen LogP contribution in [0.15, 0.2) is 33.9 Å². The quantitative estimate of drug-likeness (QED) is 0.375. The molecule has 1 fully saturated rings. The van der Waals surface area contributed by atoms with Crippen molar-refractivity contribution in [3.8, 4) is 0 Å². The third kappa shape index (κ3) is 7.06. The number of Topliss-reactive ketones (excluding diaryl/α,β-unsaturated/α-hetero) is 1. The van der Waals surface area contributed by atoms with Gasteiger partial charge in [0.05, 0.1) is 12.0 Å². The van der Waals surface area contributed by atoms with Crippen LogP contribution in [0.2, 0.25) is 0 Å². The minimum atomic E-state index is -0.769. The maximum Gasteiger partial charge on any atom is 0.286 e. The van der Waals surface area contributed by atoms with Crippen molar-refractivity contribution in [1.82, 2.24) is 20.8 Å². The number of thioether (sulfide) groups is 1. The van der Waals surface area contributed by atoms with Gasteiger partial charge in [-0.25, -0.2) is 0 Å². The van der Waals surface area contributed by atoms with Gasteiger partial charge in [0.15, 0.2) is 0 Å². The molecule has 0 radical (unpaired) electrons. The third-order valence-electron chi connectivity index (χ3n) is 6.20. The summed E-state index contributed by atoms with van der Waals surface area (Å²) >= 11 is 1.25. The molecule has 1 aromatic carbocycles. The van der Waals surface area contributed by atoms with E-state index in [9.17, 15) is 14.4 Å². The highest BCUT2D eigenvalue weighted by atomic mass is 32.2. The SMILES string of the molecule is CSc1nnc(C(=O)[C@H](CC(C)C)NC(=O)[C@@H]2CCCC[C@@H]2NC(=O)c2ccc(N(C)C)cc2)o1. The van der Waals surface area contributed by atoms with Crippen LogP contribution in [0.3, 0.4) is 0 Å². The van der Waals surface area contributed by atoms with E-state index in [1.807, 2.05) is 45.0 Å². The lowest BCUT2D eigenvalue weighted by Crippen LogP contribution is -2.52. The zero-order valence-electron chi connectivity index (χ0n) is 21.0. The third-order valence-corrected chi connectivity index (χ3v) is 6.71. The van der Waals surface area contributed by atoms with E-state index in [1.54, 1.807) is 18.4 Å². The first-order valence-electron chi connectivity index (χ1n) is 12.0. The number of carbonyl (C=O) groups is 3. The summed E-state index contributed by atoms with van der Waals surface area (Å²) in [5, 5.41) is 14.0. The summed E-state index contributed by atoms with van der Waals surface area (Å²) in [4.78, 5) is 41.3. The van der Waals surface area contributed by atoms with Crippen LogP contribution in [-0.2, 0) is 4.79 Å². The van der Waals surface area contributed by atoms with E-state index in [4.69, 9.17) is 4.42 Å². The predicted octanol–water partition coefficient (Wildman–Crippen LogP) is 3.56. The maximum atomic E-state index is 13.3. The molecule has 35 heavy (non-hydrogen) atoms. The number of rotatable bonds is 10. The van der Waals surface area contributed by atoms with Crippen molar-refractivity contribution in [2.24, 2.45) is 11.8 Å². The van der Waals surface area contributed by atoms with Crippen molar-refractivity contribution in [1.29, 1.82) is 0 Å². The van der Waals surface area contributed by atoms with Gasteiger partial charge in [0.25, 0.3) is 17.0 Å². The van der Waals surface area contributed by atoms with E-state index >= 15 is 0 Å². The second kappa shape index (κ2) is 12.2. The molecule has 0 aliphatic heterocycles. The van der Waals surface area contributed by atoms with Crippen LogP contribution in [0.25, 0.3) is 0 Å². The standard InChI is InChI=1S/C25H35N5O4S/c1-15(2)14-20(21(31)24-28-29-25(34-24)35-5)27-23(33)18-8-6-7-9-19(18)26-22(32)16-10-12-17(13-11-16)30(3)4/h10-13,15,18-20H,6-9,14H2,1-5H3,(H,26,32)(H,27,33)/t18-,19+,20+/m1/s1. The normalized spacial score (nSPS) is 18.7. The van der Waals surface area contributed by atoms with Crippen LogP contribution >= 0.6 is 11.8 Å². The summed E-state index contributed by atoms with van der Waals surface area (Å²) in [6.45, 7) is 3.97. The number of anilines is 1. The lowest BCUT2D eigenvalue weighted by atomic mass is 9.83. The predicted molar refractivity (Wildman–Crippen MR) is 136 cm³/mol. The first-order chi connectivity index (χ1) is 16.7. The zero-order chi connectivity index (χ0) is 25.5. The Bertz CT molecular complexity index is 1020.